The Morgan fingerprint density at radius 1 is 1.60 bits per heavy atom. The lowest BCUT2D eigenvalue weighted by Gasteiger charge is -2.37. The van der Waals surface area contributed by atoms with E-state index in [0.29, 0.717) is 18.1 Å². The highest BCUT2D eigenvalue weighted by atomic mass is 16.5. The van der Waals surface area contributed by atoms with Gasteiger partial charge in [0.2, 0.25) is 11.7 Å². The van der Waals surface area contributed by atoms with Crippen molar-refractivity contribution in [3.05, 3.63) is 11.7 Å². The summed E-state index contributed by atoms with van der Waals surface area (Å²) in [5.41, 5.74) is 5.37. The Bertz CT molecular complexity index is 326. The van der Waals surface area contributed by atoms with E-state index in [1.165, 1.54) is 0 Å². The first kappa shape index (κ1) is 10.6. The molecule has 1 fully saturated rings. The topological polar surface area (TPSA) is 74.2 Å². The molecule has 84 valence electrons. The quantitative estimate of drug-likeness (QED) is 0.803. The van der Waals surface area contributed by atoms with E-state index in [2.05, 4.69) is 10.1 Å². The van der Waals surface area contributed by atoms with E-state index in [0.717, 1.165) is 19.3 Å². The van der Waals surface area contributed by atoms with Crippen molar-refractivity contribution >= 4 is 0 Å². The molecule has 0 saturated heterocycles. The molecule has 1 aromatic heterocycles. The van der Waals surface area contributed by atoms with Crippen molar-refractivity contribution in [1.82, 2.24) is 10.1 Å². The second-order valence-electron chi connectivity index (χ2n) is 4.25. The minimum atomic E-state index is -0.292. The maximum absolute atomic E-state index is 5.66. The number of nitrogens with two attached hydrogens (primary N) is 1. The Morgan fingerprint density at radius 3 is 2.80 bits per heavy atom. The standard InChI is InChI=1S/C10H17N3O2/c1-7(11)6-8-12-9(13-15-8)10(14-2)4-3-5-10/h7H,3-6,11H2,1-2H3. The third kappa shape index (κ3) is 1.89. The molecule has 0 radical (unpaired) electrons. The van der Waals surface area contributed by atoms with E-state index in [4.69, 9.17) is 15.0 Å². The van der Waals surface area contributed by atoms with Gasteiger partial charge in [0.1, 0.15) is 5.60 Å². The first-order valence-corrected chi connectivity index (χ1v) is 5.30. The van der Waals surface area contributed by atoms with Crippen LogP contribution < -0.4 is 5.73 Å². The summed E-state index contributed by atoms with van der Waals surface area (Å²) in [4.78, 5) is 4.33. The zero-order chi connectivity index (χ0) is 10.9. The van der Waals surface area contributed by atoms with Gasteiger partial charge >= 0.3 is 0 Å². The van der Waals surface area contributed by atoms with E-state index in [1.54, 1.807) is 7.11 Å². The molecule has 5 heteroatoms. The van der Waals surface area contributed by atoms with E-state index in [1.807, 2.05) is 6.92 Å². The molecule has 0 bridgehead atoms. The van der Waals surface area contributed by atoms with Crippen LogP contribution in [0.25, 0.3) is 0 Å². The largest absolute Gasteiger partial charge is 0.370 e. The number of aromatic nitrogens is 2. The van der Waals surface area contributed by atoms with Crippen molar-refractivity contribution in [3.8, 4) is 0 Å². The lowest BCUT2D eigenvalue weighted by Crippen LogP contribution is -2.37. The third-order valence-corrected chi connectivity index (χ3v) is 2.92. The van der Waals surface area contributed by atoms with Gasteiger partial charge in [-0.25, -0.2) is 0 Å². The van der Waals surface area contributed by atoms with Crippen LogP contribution in [0.4, 0.5) is 0 Å². The van der Waals surface area contributed by atoms with Crippen LogP contribution in [0.1, 0.15) is 37.9 Å². The number of hydrogen-bond donors (Lipinski definition) is 1. The summed E-state index contributed by atoms with van der Waals surface area (Å²) < 4.78 is 10.6. The van der Waals surface area contributed by atoms with Crippen LogP contribution in [0.2, 0.25) is 0 Å². The molecule has 0 amide bonds. The summed E-state index contributed by atoms with van der Waals surface area (Å²) in [6, 6.07) is 0.0400. The molecule has 1 atom stereocenters. The molecule has 1 saturated carbocycles. The molecule has 0 spiro atoms. The normalized spacial score (nSPS) is 21.0. The molecular formula is C10H17N3O2. The van der Waals surface area contributed by atoms with Crippen molar-refractivity contribution < 1.29 is 9.26 Å². The van der Waals surface area contributed by atoms with Crippen LogP contribution in [-0.4, -0.2) is 23.3 Å². The van der Waals surface area contributed by atoms with Crippen molar-refractivity contribution in [2.24, 2.45) is 5.73 Å². The van der Waals surface area contributed by atoms with Crippen molar-refractivity contribution in [2.45, 2.75) is 44.2 Å². The van der Waals surface area contributed by atoms with Gasteiger partial charge in [0.15, 0.2) is 0 Å². The Morgan fingerprint density at radius 2 is 2.33 bits per heavy atom. The Hall–Kier alpha value is -0.940. The van der Waals surface area contributed by atoms with Gasteiger partial charge < -0.3 is 15.0 Å². The summed E-state index contributed by atoms with van der Waals surface area (Å²) in [5, 5.41) is 3.97. The van der Waals surface area contributed by atoms with E-state index < -0.39 is 0 Å². The number of hydrogen-bond acceptors (Lipinski definition) is 5. The van der Waals surface area contributed by atoms with Crippen LogP contribution in [0.15, 0.2) is 4.52 Å². The smallest absolute Gasteiger partial charge is 0.228 e. The fourth-order valence-corrected chi connectivity index (χ4v) is 1.82. The minimum absolute atomic E-state index is 0.0400. The van der Waals surface area contributed by atoms with Gasteiger partial charge in [0.25, 0.3) is 0 Å². The molecule has 2 N–H and O–H groups in total. The molecule has 1 heterocycles. The van der Waals surface area contributed by atoms with Gasteiger partial charge in [-0.1, -0.05) is 5.16 Å². The predicted octanol–water partition coefficient (Wildman–Crippen LogP) is 0.985. The lowest BCUT2D eigenvalue weighted by molar-refractivity contribution is -0.0858. The average molecular weight is 211 g/mol. The molecule has 1 unspecified atom stereocenters. The Labute approximate surface area is 89.0 Å². The van der Waals surface area contributed by atoms with Gasteiger partial charge in [-0.15, -0.1) is 0 Å². The van der Waals surface area contributed by atoms with Gasteiger partial charge in [-0.3, -0.25) is 0 Å². The first-order chi connectivity index (χ1) is 7.16. The molecule has 2 rings (SSSR count). The second-order valence-corrected chi connectivity index (χ2v) is 4.25. The summed E-state index contributed by atoms with van der Waals surface area (Å²) in [7, 11) is 1.70. The first-order valence-electron chi connectivity index (χ1n) is 5.30. The second kappa shape index (κ2) is 3.90. The van der Waals surface area contributed by atoms with E-state index in [-0.39, 0.29) is 11.6 Å². The van der Waals surface area contributed by atoms with Gasteiger partial charge in [-0.05, 0) is 26.2 Å². The van der Waals surface area contributed by atoms with E-state index in [9.17, 15) is 0 Å². The van der Waals surface area contributed by atoms with Crippen LogP contribution >= 0.6 is 0 Å². The molecule has 0 aliphatic heterocycles. The highest BCUT2D eigenvalue weighted by Crippen LogP contribution is 2.42. The van der Waals surface area contributed by atoms with Gasteiger partial charge in [0, 0.05) is 19.6 Å². The van der Waals surface area contributed by atoms with Crippen molar-refractivity contribution in [2.75, 3.05) is 7.11 Å². The zero-order valence-corrected chi connectivity index (χ0v) is 9.19. The number of nitrogens with zero attached hydrogens (tertiary/aromatic N) is 2. The van der Waals surface area contributed by atoms with Crippen LogP contribution in [-0.2, 0) is 16.8 Å². The van der Waals surface area contributed by atoms with Crippen molar-refractivity contribution in [1.29, 1.82) is 0 Å². The third-order valence-electron chi connectivity index (χ3n) is 2.92. The maximum Gasteiger partial charge on any atom is 0.228 e. The van der Waals surface area contributed by atoms with Crippen molar-refractivity contribution in [3.63, 3.8) is 0 Å². The molecule has 1 aliphatic rings. The average Bonchev–Trinajstić information content (AvgIpc) is 2.51. The fourth-order valence-electron chi connectivity index (χ4n) is 1.82. The SMILES string of the molecule is COC1(c2noc(CC(C)N)n2)CCC1. The minimum Gasteiger partial charge on any atom is -0.370 e. The highest BCUT2D eigenvalue weighted by Gasteiger charge is 2.43. The molecule has 0 aromatic carbocycles. The predicted molar refractivity (Wildman–Crippen MR) is 54.2 cm³/mol. The van der Waals surface area contributed by atoms with Crippen LogP contribution in [0.3, 0.4) is 0 Å². The number of ether oxygens (including phenoxy) is 1. The number of rotatable bonds is 4. The van der Waals surface area contributed by atoms with Crippen LogP contribution in [0.5, 0.6) is 0 Å². The number of methoxy groups -OCH3 is 1. The lowest BCUT2D eigenvalue weighted by atomic mass is 9.79. The van der Waals surface area contributed by atoms with Gasteiger partial charge in [0.05, 0.1) is 0 Å². The fraction of sp³-hybridized carbons (Fsp3) is 0.800. The molecule has 1 aromatic rings. The molecule has 5 nitrogen and oxygen atoms in total. The zero-order valence-electron chi connectivity index (χ0n) is 9.19. The highest BCUT2D eigenvalue weighted by molar-refractivity contribution is 5.06. The Kier molecular flexibility index (Phi) is 2.75. The summed E-state index contributed by atoms with van der Waals surface area (Å²) in [6.45, 7) is 1.92. The van der Waals surface area contributed by atoms with E-state index >= 15 is 0 Å². The van der Waals surface area contributed by atoms with Crippen LogP contribution in [0, 0.1) is 0 Å². The van der Waals surface area contributed by atoms with Gasteiger partial charge in [-0.2, -0.15) is 4.98 Å². The summed E-state index contributed by atoms with van der Waals surface area (Å²) >= 11 is 0. The summed E-state index contributed by atoms with van der Waals surface area (Å²) in [5.74, 6) is 1.27. The molecule has 15 heavy (non-hydrogen) atoms. The Balaban J connectivity index is 2.12. The molecular weight excluding hydrogens is 194 g/mol. The monoisotopic (exact) mass is 211 g/mol. The molecule has 1 aliphatic carbocycles. The summed E-state index contributed by atoms with van der Waals surface area (Å²) in [6.07, 6.45) is 3.72. The maximum atomic E-state index is 5.66.